The Balaban J connectivity index is 1.90. The molecule has 32 heavy (non-hydrogen) atoms. The molecule has 174 valence electrons. The first-order valence-corrected chi connectivity index (χ1v) is 11.6. The lowest BCUT2D eigenvalue weighted by atomic mass is 10.1. The van der Waals surface area contributed by atoms with E-state index in [0.717, 1.165) is 0 Å². The van der Waals surface area contributed by atoms with Crippen molar-refractivity contribution in [3.63, 3.8) is 0 Å². The van der Waals surface area contributed by atoms with Crippen LogP contribution in [0.15, 0.2) is 23.1 Å². The summed E-state index contributed by atoms with van der Waals surface area (Å²) in [6, 6.07) is 4.39. The van der Waals surface area contributed by atoms with Crippen molar-refractivity contribution in [3.05, 3.63) is 40.7 Å². The molecule has 1 saturated heterocycles. The highest BCUT2D eigenvalue weighted by Crippen LogP contribution is 2.30. The molecule has 2 N–H and O–H groups in total. The highest BCUT2D eigenvalue weighted by atomic mass is 32.2. The molecule has 11 heteroatoms. The smallest absolute Gasteiger partial charge is 0.340 e. The lowest BCUT2D eigenvalue weighted by molar-refractivity contribution is 0.0525. The Morgan fingerprint density at radius 1 is 1.22 bits per heavy atom. The maximum absolute atomic E-state index is 13.1. The van der Waals surface area contributed by atoms with E-state index in [9.17, 15) is 18.0 Å². The number of methoxy groups -OCH3 is 1. The molecule has 1 amide bonds. The van der Waals surface area contributed by atoms with Gasteiger partial charge in [-0.05, 0) is 44.5 Å². The Labute approximate surface area is 186 Å². The highest BCUT2D eigenvalue weighted by Gasteiger charge is 2.30. The molecule has 1 aromatic heterocycles. The molecular formula is C21H27N3O7S. The number of hydrogen-bond donors (Lipinski definition) is 2. The van der Waals surface area contributed by atoms with Gasteiger partial charge < -0.3 is 24.5 Å². The minimum atomic E-state index is -3.85. The molecular weight excluding hydrogens is 438 g/mol. The van der Waals surface area contributed by atoms with Gasteiger partial charge in [0.15, 0.2) is 0 Å². The van der Waals surface area contributed by atoms with Gasteiger partial charge in [0.2, 0.25) is 10.0 Å². The topological polar surface area (TPSA) is 127 Å². The normalized spacial score (nSPS) is 14.8. The van der Waals surface area contributed by atoms with Crippen LogP contribution in [-0.2, 0) is 19.5 Å². The van der Waals surface area contributed by atoms with E-state index in [4.69, 9.17) is 14.2 Å². The summed E-state index contributed by atoms with van der Waals surface area (Å²) >= 11 is 0. The van der Waals surface area contributed by atoms with E-state index < -0.39 is 21.9 Å². The zero-order valence-corrected chi connectivity index (χ0v) is 19.3. The van der Waals surface area contributed by atoms with Gasteiger partial charge in [0.25, 0.3) is 5.91 Å². The summed E-state index contributed by atoms with van der Waals surface area (Å²) in [5.41, 5.74) is 1.73. The van der Waals surface area contributed by atoms with Crippen LogP contribution < -0.4 is 10.1 Å². The van der Waals surface area contributed by atoms with E-state index >= 15 is 0 Å². The molecule has 10 nitrogen and oxygen atoms in total. The number of ether oxygens (including phenoxy) is 3. The number of esters is 1. The number of aromatic amines is 1. The fraction of sp³-hybridized carbons (Fsp3) is 0.429. The van der Waals surface area contributed by atoms with Gasteiger partial charge in [0.05, 0.1) is 32.5 Å². The average Bonchev–Trinajstić information content (AvgIpc) is 3.08. The van der Waals surface area contributed by atoms with Crippen LogP contribution in [0, 0.1) is 13.8 Å². The molecule has 2 aromatic rings. The van der Waals surface area contributed by atoms with E-state index in [2.05, 4.69) is 10.3 Å². The van der Waals surface area contributed by atoms with Crippen LogP contribution in [0.2, 0.25) is 0 Å². The molecule has 0 bridgehead atoms. The summed E-state index contributed by atoms with van der Waals surface area (Å²) in [5, 5.41) is 2.69. The summed E-state index contributed by atoms with van der Waals surface area (Å²) in [6.07, 6.45) is 0. The Morgan fingerprint density at radius 3 is 2.53 bits per heavy atom. The van der Waals surface area contributed by atoms with Crippen LogP contribution in [0.1, 0.15) is 39.0 Å². The molecule has 1 aromatic carbocycles. The lowest BCUT2D eigenvalue weighted by Gasteiger charge is -2.26. The van der Waals surface area contributed by atoms with Crippen LogP contribution in [-0.4, -0.2) is 69.6 Å². The second-order valence-electron chi connectivity index (χ2n) is 7.18. The van der Waals surface area contributed by atoms with Crippen molar-refractivity contribution < 1.29 is 32.2 Å². The van der Waals surface area contributed by atoms with Gasteiger partial charge >= 0.3 is 5.97 Å². The minimum absolute atomic E-state index is 0.0497. The number of nitrogens with one attached hydrogen (secondary N) is 2. The molecule has 0 atom stereocenters. The van der Waals surface area contributed by atoms with Crippen LogP contribution >= 0.6 is 0 Å². The molecule has 3 rings (SSSR count). The molecule has 0 radical (unpaired) electrons. The van der Waals surface area contributed by atoms with E-state index in [-0.39, 0.29) is 41.7 Å². The van der Waals surface area contributed by atoms with Crippen molar-refractivity contribution in [1.29, 1.82) is 0 Å². The Kier molecular flexibility index (Phi) is 7.22. The van der Waals surface area contributed by atoms with Gasteiger partial charge in [-0.1, -0.05) is 0 Å². The van der Waals surface area contributed by atoms with Crippen molar-refractivity contribution in [2.45, 2.75) is 25.7 Å². The lowest BCUT2D eigenvalue weighted by Crippen LogP contribution is -2.40. The SMILES string of the molecule is CCOC(=O)c1c(C)[nH]c(C(=O)Nc2ccc(OC)c(S(=O)(=O)N3CCOCC3)c2)c1C. The largest absolute Gasteiger partial charge is 0.495 e. The summed E-state index contributed by atoms with van der Waals surface area (Å²) in [4.78, 5) is 27.9. The minimum Gasteiger partial charge on any atom is -0.495 e. The monoisotopic (exact) mass is 465 g/mol. The predicted octanol–water partition coefficient (Wildman–Crippen LogP) is 2.09. The third-order valence-corrected chi connectivity index (χ3v) is 7.07. The Hall–Kier alpha value is -2.89. The molecule has 2 heterocycles. The van der Waals surface area contributed by atoms with Gasteiger partial charge in [0.1, 0.15) is 16.3 Å². The van der Waals surface area contributed by atoms with Crippen LogP contribution in [0.25, 0.3) is 0 Å². The van der Waals surface area contributed by atoms with Gasteiger partial charge in [-0.25, -0.2) is 13.2 Å². The number of H-pyrrole nitrogens is 1. The standard InChI is InChI=1S/C21H27N3O7S/c1-5-31-21(26)18-13(2)19(22-14(18)3)20(25)23-15-6-7-16(29-4)17(12-15)32(27,28)24-8-10-30-11-9-24/h6-7,12,22H,5,8-11H2,1-4H3,(H,23,25). The second-order valence-corrected chi connectivity index (χ2v) is 9.09. The Morgan fingerprint density at radius 2 is 1.91 bits per heavy atom. The number of rotatable bonds is 7. The zero-order chi connectivity index (χ0) is 23.5. The number of sulfonamides is 1. The fourth-order valence-electron chi connectivity index (χ4n) is 3.56. The van der Waals surface area contributed by atoms with E-state index in [1.165, 1.54) is 23.5 Å². The van der Waals surface area contributed by atoms with Crippen molar-refractivity contribution in [2.24, 2.45) is 0 Å². The average molecular weight is 466 g/mol. The summed E-state index contributed by atoms with van der Waals surface area (Å²) in [6.45, 7) is 6.34. The van der Waals surface area contributed by atoms with Crippen LogP contribution in [0.4, 0.5) is 5.69 Å². The molecule has 1 aliphatic heterocycles. The molecule has 0 spiro atoms. The molecule has 0 aliphatic carbocycles. The number of hydrogen-bond acceptors (Lipinski definition) is 7. The van der Waals surface area contributed by atoms with Crippen molar-refractivity contribution >= 4 is 27.6 Å². The summed E-state index contributed by atoms with van der Waals surface area (Å²) in [7, 11) is -2.47. The predicted molar refractivity (Wildman–Crippen MR) is 117 cm³/mol. The van der Waals surface area contributed by atoms with Gasteiger partial charge in [-0.2, -0.15) is 4.31 Å². The first-order chi connectivity index (χ1) is 15.2. The van der Waals surface area contributed by atoms with Crippen LogP contribution in [0.3, 0.4) is 0 Å². The molecule has 0 unspecified atom stereocenters. The number of aryl methyl sites for hydroxylation is 1. The number of morpholine rings is 1. The number of anilines is 1. The van der Waals surface area contributed by atoms with Gasteiger partial charge in [-0.3, -0.25) is 4.79 Å². The van der Waals surface area contributed by atoms with Crippen molar-refractivity contribution in [1.82, 2.24) is 9.29 Å². The molecule has 0 saturated carbocycles. The number of benzene rings is 1. The van der Waals surface area contributed by atoms with E-state index in [1.54, 1.807) is 26.8 Å². The first kappa shape index (κ1) is 23.8. The summed E-state index contributed by atoms with van der Waals surface area (Å²) < 4.78 is 43.1. The van der Waals surface area contributed by atoms with Gasteiger partial charge in [0, 0.05) is 24.5 Å². The number of amides is 1. The van der Waals surface area contributed by atoms with E-state index in [1.807, 2.05) is 0 Å². The maximum atomic E-state index is 13.1. The number of nitrogens with zero attached hydrogens (tertiary/aromatic N) is 1. The quantitative estimate of drug-likeness (QED) is 0.600. The highest BCUT2D eigenvalue weighted by molar-refractivity contribution is 7.89. The number of carbonyl (C=O) groups excluding carboxylic acids is 2. The number of carbonyl (C=O) groups is 2. The summed E-state index contributed by atoms with van der Waals surface area (Å²) in [5.74, 6) is -0.854. The molecule has 1 fully saturated rings. The Bertz CT molecular complexity index is 1120. The van der Waals surface area contributed by atoms with Crippen molar-refractivity contribution in [2.75, 3.05) is 45.3 Å². The first-order valence-electron chi connectivity index (χ1n) is 10.1. The van der Waals surface area contributed by atoms with Gasteiger partial charge in [-0.15, -0.1) is 0 Å². The zero-order valence-electron chi connectivity index (χ0n) is 18.5. The maximum Gasteiger partial charge on any atom is 0.340 e. The molecule has 1 aliphatic rings. The third kappa shape index (κ3) is 4.64. The second kappa shape index (κ2) is 9.72. The van der Waals surface area contributed by atoms with Crippen LogP contribution in [0.5, 0.6) is 5.75 Å². The number of aromatic nitrogens is 1. The third-order valence-electron chi connectivity index (χ3n) is 5.15. The van der Waals surface area contributed by atoms with E-state index in [0.29, 0.717) is 30.0 Å². The fourth-order valence-corrected chi connectivity index (χ4v) is 5.15. The van der Waals surface area contributed by atoms with Crippen molar-refractivity contribution in [3.8, 4) is 5.75 Å².